The maximum absolute atomic E-state index is 13.0. The van der Waals surface area contributed by atoms with E-state index in [2.05, 4.69) is 30.4 Å². The molecule has 0 aliphatic rings. The van der Waals surface area contributed by atoms with E-state index >= 15 is 0 Å². The number of amides is 2. The first-order chi connectivity index (χ1) is 13.9. The van der Waals surface area contributed by atoms with Gasteiger partial charge in [0, 0.05) is 23.9 Å². The van der Waals surface area contributed by atoms with Gasteiger partial charge in [-0.15, -0.1) is 11.8 Å². The molecule has 0 heterocycles. The Morgan fingerprint density at radius 1 is 1.17 bits per heavy atom. The van der Waals surface area contributed by atoms with Crippen molar-refractivity contribution in [2.75, 3.05) is 12.3 Å². The smallest absolute Gasteiger partial charge is 0.242 e. The third-order valence-corrected chi connectivity index (χ3v) is 5.95. The molecule has 0 saturated heterocycles. The van der Waals surface area contributed by atoms with Crippen LogP contribution in [0.2, 0.25) is 5.02 Å². The second kappa shape index (κ2) is 11.9. The first kappa shape index (κ1) is 23.3. The van der Waals surface area contributed by atoms with Crippen molar-refractivity contribution in [3.05, 3.63) is 70.2 Å². The molecule has 1 atom stereocenters. The van der Waals surface area contributed by atoms with Crippen molar-refractivity contribution in [2.45, 2.75) is 45.5 Å². The number of hydrogen-bond donors (Lipinski definition) is 1. The Labute approximate surface area is 183 Å². The molecule has 6 heteroatoms. The van der Waals surface area contributed by atoms with Gasteiger partial charge in [-0.1, -0.05) is 66.6 Å². The molecule has 0 radical (unpaired) electrons. The number of carbonyl (C=O) groups is 2. The van der Waals surface area contributed by atoms with Crippen molar-refractivity contribution in [3.63, 3.8) is 0 Å². The zero-order chi connectivity index (χ0) is 21.2. The van der Waals surface area contributed by atoms with Crippen molar-refractivity contribution >= 4 is 35.2 Å². The van der Waals surface area contributed by atoms with Crippen LogP contribution >= 0.6 is 23.4 Å². The van der Waals surface area contributed by atoms with Gasteiger partial charge in [0.2, 0.25) is 11.8 Å². The fourth-order valence-corrected chi connectivity index (χ4v) is 3.98. The number of benzene rings is 2. The number of halogens is 1. The molecule has 0 aliphatic carbocycles. The van der Waals surface area contributed by atoms with Crippen LogP contribution < -0.4 is 5.32 Å². The standard InChI is InChI=1S/C23H29ClN2O2S/c1-4-12-25-23(28)18(3)26(14-20-10-5-6-11-21(20)24)22(27)16-29-15-19-9-7-8-17(2)13-19/h5-11,13,18H,4,12,14-16H2,1-3H3,(H,25,28). The molecule has 156 valence electrons. The van der Waals surface area contributed by atoms with Crippen LogP contribution in [0.15, 0.2) is 48.5 Å². The third-order valence-electron chi connectivity index (χ3n) is 4.59. The Hall–Kier alpha value is -1.98. The summed E-state index contributed by atoms with van der Waals surface area (Å²) in [5, 5.41) is 3.48. The summed E-state index contributed by atoms with van der Waals surface area (Å²) in [6.45, 7) is 6.73. The maximum atomic E-state index is 13.0. The quantitative estimate of drug-likeness (QED) is 0.585. The van der Waals surface area contributed by atoms with E-state index in [1.807, 2.05) is 31.2 Å². The van der Waals surface area contributed by atoms with Crippen LogP contribution in [0, 0.1) is 6.92 Å². The van der Waals surface area contributed by atoms with Crippen LogP contribution in [-0.4, -0.2) is 35.1 Å². The maximum Gasteiger partial charge on any atom is 0.242 e. The molecule has 2 aromatic rings. The zero-order valence-electron chi connectivity index (χ0n) is 17.3. The SMILES string of the molecule is CCCNC(=O)C(C)N(Cc1ccccc1Cl)C(=O)CSCc1cccc(C)c1. The van der Waals surface area contributed by atoms with Gasteiger partial charge in [-0.25, -0.2) is 0 Å². The Balaban J connectivity index is 2.07. The lowest BCUT2D eigenvalue weighted by molar-refractivity contribution is -0.138. The molecule has 0 spiro atoms. The first-order valence-electron chi connectivity index (χ1n) is 9.86. The van der Waals surface area contributed by atoms with Crippen LogP contribution in [0.4, 0.5) is 0 Å². The molecule has 1 N–H and O–H groups in total. The van der Waals surface area contributed by atoms with Crippen LogP contribution in [0.25, 0.3) is 0 Å². The predicted molar refractivity (Wildman–Crippen MR) is 122 cm³/mol. The van der Waals surface area contributed by atoms with Gasteiger partial charge in [-0.05, 0) is 37.5 Å². The highest BCUT2D eigenvalue weighted by molar-refractivity contribution is 7.99. The molecule has 2 aromatic carbocycles. The molecule has 0 bridgehead atoms. The molecule has 2 rings (SSSR count). The lowest BCUT2D eigenvalue weighted by Crippen LogP contribution is -2.48. The average Bonchev–Trinajstić information content (AvgIpc) is 2.71. The van der Waals surface area contributed by atoms with E-state index < -0.39 is 6.04 Å². The minimum absolute atomic E-state index is 0.0679. The predicted octanol–water partition coefficient (Wildman–Crippen LogP) is 4.83. The number of carbonyl (C=O) groups excluding carboxylic acids is 2. The summed E-state index contributed by atoms with van der Waals surface area (Å²) in [6, 6.07) is 15.1. The summed E-state index contributed by atoms with van der Waals surface area (Å²) < 4.78 is 0. The first-order valence-corrected chi connectivity index (χ1v) is 11.4. The Bertz CT molecular complexity index is 828. The molecule has 0 aromatic heterocycles. The van der Waals surface area contributed by atoms with Gasteiger partial charge in [0.05, 0.1) is 5.75 Å². The van der Waals surface area contributed by atoms with E-state index in [1.54, 1.807) is 29.7 Å². The van der Waals surface area contributed by atoms with Crippen molar-refractivity contribution in [3.8, 4) is 0 Å². The van der Waals surface area contributed by atoms with Gasteiger partial charge in [-0.3, -0.25) is 9.59 Å². The average molecular weight is 433 g/mol. The molecule has 0 fully saturated rings. The minimum atomic E-state index is -0.565. The van der Waals surface area contributed by atoms with E-state index in [4.69, 9.17) is 11.6 Å². The largest absolute Gasteiger partial charge is 0.354 e. The van der Waals surface area contributed by atoms with E-state index in [9.17, 15) is 9.59 Å². The fourth-order valence-electron chi connectivity index (χ4n) is 2.93. The number of rotatable bonds is 10. The summed E-state index contributed by atoms with van der Waals surface area (Å²) in [5.74, 6) is 0.853. The summed E-state index contributed by atoms with van der Waals surface area (Å²) in [5.41, 5.74) is 3.23. The lowest BCUT2D eigenvalue weighted by Gasteiger charge is -2.29. The van der Waals surface area contributed by atoms with Crippen LogP contribution in [-0.2, 0) is 21.9 Å². The second-order valence-electron chi connectivity index (χ2n) is 7.06. The molecular weight excluding hydrogens is 404 g/mol. The van der Waals surface area contributed by atoms with Gasteiger partial charge in [0.1, 0.15) is 6.04 Å². The molecule has 29 heavy (non-hydrogen) atoms. The third kappa shape index (κ3) is 7.41. The van der Waals surface area contributed by atoms with Crippen LogP contribution in [0.3, 0.4) is 0 Å². The van der Waals surface area contributed by atoms with Crippen LogP contribution in [0.1, 0.15) is 37.0 Å². The van der Waals surface area contributed by atoms with E-state index in [0.29, 0.717) is 23.9 Å². The zero-order valence-corrected chi connectivity index (χ0v) is 18.9. The minimum Gasteiger partial charge on any atom is -0.354 e. The number of nitrogens with one attached hydrogen (secondary N) is 1. The fraction of sp³-hybridized carbons (Fsp3) is 0.391. The highest BCUT2D eigenvalue weighted by Crippen LogP contribution is 2.20. The second-order valence-corrected chi connectivity index (χ2v) is 8.45. The summed E-state index contributed by atoms with van der Waals surface area (Å²) >= 11 is 7.85. The van der Waals surface area contributed by atoms with Gasteiger partial charge in [0.15, 0.2) is 0 Å². The van der Waals surface area contributed by atoms with E-state index in [1.165, 1.54) is 11.1 Å². The van der Waals surface area contributed by atoms with E-state index in [0.717, 1.165) is 17.7 Å². The van der Waals surface area contributed by atoms with Crippen molar-refractivity contribution in [1.29, 1.82) is 0 Å². The molecule has 4 nitrogen and oxygen atoms in total. The summed E-state index contributed by atoms with van der Waals surface area (Å²) in [4.78, 5) is 27.1. The highest BCUT2D eigenvalue weighted by atomic mass is 35.5. The van der Waals surface area contributed by atoms with Crippen molar-refractivity contribution in [2.24, 2.45) is 0 Å². The highest BCUT2D eigenvalue weighted by Gasteiger charge is 2.26. The van der Waals surface area contributed by atoms with Crippen LogP contribution in [0.5, 0.6) is 0 Å². The van der Waals surface area contributed by atoms with E-state index in [-0.39, 0.29) is 11.8 Å². The van der Waals surface area contributed by atoms with Gasteiger partial charge >= 0.3 is 0 Å². The molecule has 1 unspecified atom stereocenters. The number of nitrogens with zero attached hydrogens (tertiary/aromatic N) is 1. The van der Waals surface area contributed by atoms with Crippen molar-refractivity contribution in [1.82, 2.24) is 10.2 Å². The molecule has 0 aliphatic heterocycles. The van der Waals surface area contributed by atoms with Gasteiger partial charge < -0.3 is 10.2 Å². The Kier molecular flexibility index (Phi) is 9.55. The van der Waals surface area contributed by atoms with Gasteiger partial charge in [-0.2, -0.15) is 0 Å². The summed E-state index contributed by atoms with van der Waals surface area (Å²) in [6.07, 6.45) is 0.850. The Morgan fingerprint density at radius 3 is 2.62 bits per heavy atom. The molecule has 0 saturated carbocycles. The van der Waals surface area contributed by atoms with Crippen molar-refractivity contribution < 1.29 is 9.59 Å². The number of hydrogen-bond acceptors (Lipinski definition) is 3. The van der Waals surface area contributed by atoms with Gasteiger partial charge in [0.25, 0.3) is 0 Å². The number of thioether (sulfide) groups is 1. The summed E-state index contributed by atoms with van der Waals surface area (Å²) in [7, 11) is 0. The molecule has 2 amide bonds. The molecular formula is C23H29ClN2O2S. The normalized spacial score (nSPS) is 11.7. The number of aryl methyl sites for hydroxylation is 1. The lowest BCUT2D eigenvalue weighted by atomic mass is 10.1. The topological polar surface area (TPSA) is 49.4 Å². The Morgan fingerprint density at radius 2 is 1.93 bits per heavy atom. The monoisotopic (exact) mass is 432 g/mol.